The monoisotopic (exact) mass is 447 g/mol. The van der Waals surface area contributed by atoms with Crippen molar-refractivity contribution in [2.45, 2.75) is 20.0 Å². The van der Waals surface area contributed by atoms with Gasteiger partial charge in [-0.2, -0.15) is 5.10 Å². The molecule has 1 N–H and O–H groups in total. The molecule has 0 saturated heterocycles. The lowest BCUT2D eigenvalue weighted by atomic mass is 10.2. The van der Waals surface area contributed by atoms with Gasteiger partial charge in [0.1, 0.15) is 11.5 Å². The zero-order valence-electron chi connectivity index (χ0n) is 18.7. The minimum Gasteiger partial charge on any atom is -0.497 e. The van der Waals surface area contributed by atoms with Crippen LogP contribution in [0.15, 0.2) is 55.0 Å². The third-order valence-electron chi connectivity index (χ3n) is 5.12. The summed E-state index contributed by atoms with van der Waals surface area (Å²) < 4.78 is 18.0. The highest BCUT2D eigenvalue weighted by atomic mass is 16.5. The minimum absolute atomic E-state index is 0.236. The molecule has 0 unspecified atom stereocenters. The van der Waals surface area contributed by atoms with Crippen LogP contribution in [0.1, 0.15) is 28.4 Å². The Hall–Kier alpha value is -4.14. The van der Waals surface area contributed by atoms with Crippen LogP contribution >= 0.6 is 0 Å². The number of hydrogen-bond acceptors (Lipinski definition) is 7. The first-order valence-electron chi connectivity index (χ1n) is 10.5. The SMILES string of the molecule is CCOc1ncccc1CNC(=O)c1cnc2c(cnn2Cc2ccc(OC)cc2OC)c1. The van der Waals surface area contributed by atoms with Gasteiger partial charge in [0.25, 0.3) is 5.91 Å². The van der Waals surface area contributed by atoms with Crippen molar-refractivity contribution in [1.82, 2.24) is 25.1 Å². The van der Waals surface area contributed by atoms with E-state index in [1.807, 2.05) is 37.3 Å². The number of benzene rings is 1. The smallest absolute Gasteiger partial charge is 0.253 e. The van der Waals surface area contributed by atoms with Gasteiger partial charge in [0.15, 0.2) is 5.65 Å². The van der Waals surface area contributed by atoms with Crippen molar-refractivity contribution >= 4 is 16.9 Å². The summed E-state index contributed by atoms with van der Waals surface area (Å²) in [6, 6.07) is 11.1. The second-order valence-electron chi connectivity index (χ2n) is 7.20. The van der Waals surface area contributed by atoms with Gasteiger partial charge in [-0.05, 0) is 31.2 Å². The summed E-state index contributed by atoms with van der Waals surface area (Å²) >= 11 is 0. The second kappa shape index (κ2) is 9.99. The van der Waals surface area contributed by atoms with Crippen LogP contribution in [0.25, 0.3) is 11.0 Å². The maximum atomic E-state index is 12.7. The second-order valence-corrected chi connectivity index (χ2v) is 7.20. The highest BCUT2D eigenvalue weighted by molar-refractivity contribution is 5.96. The van der Waals surface area contributed by atoms with Crippen LogP contribution in [0.5, 0.6) is 17.4 Å². The van der Waals surface area contributed by atoms with Gasteiger partial charge in [0.2, 0.25) is 5.88 Å². The number of carbonyl (C=O) groups is 1. The summed E-state index contributed by atoms with van der Waals surface area (Å²) in [5.74, 6) is 1.70. The lowest BCUT2D eigenvalue weighted by Crippen LogP contribution is -2.23. The number of ether oxygens (including phenoxy) is 3. The Balaban J connectivity index is 1.49. The molecule has 33 heavy (non-hydrogen) atoms. The van der Waals surface area contributed by atoms with Crippen LogP contribution in [0.4, 0.5) is 0 Å². The van der Waals surface area contributed by atoms with Crippen LogP contribution in [0, 0.1) is 0 Å². The number of rotatable bonds is 9. The predicted molar refractivity (Wildman–Crippen MR) is 123 cm³/mol. The summed E-state index contributed by atoms with van der Waals surface area (Å²) in [6.07, 6.45) is 4.91. The van der Waals surface area contributed by atoms with Gasteiger partial charge in [0, 0.05) is 41.5 Å². The van der Waals surface area contributed by atoms with Gasteiger partial charge < -0.3 is 19.5 Å². The highest BCUT2D eigenvalue weighted by Gasteiger charge is 2.13. The fourth-order valence-corrected chi connectivity index (χ4v) is 3.46. The molecule has 0 atom stereocenters. The first-order chi connectivity index (χ1) is 16.1. The average Bonchev–Trinajstić information content (AvgIpc) is 3.25. The Morgan fingerprint density at radius 2 is 1.94 bits per heavy atom. The molecule has 0 aliphatic carbocycles. The fourth-order valence-electron chi connectivity index (χ4n) is 3.46. The van der Waals surface area contributed by atoms with E-state index < -0.39 is 0 Å². The number of nitrogens with one attached hydrogen (secondary N) is 1. The quantitative estimate of drug-likeness (QED) is 0.420. The normalized spacial score (nSPS) is 10.8. The molecule has 170 valence electrons. The maximum Gasteiger partial charge on any atom is 0.253 e. The Labute approximate surface area is 191 Å². The molecule has 0 spiro atoms. The van der Waals surface area contributed by atoms with E-state index in [-0.39, 0.29) is 5.91 Å². The number of aromatic nitrogens is 4. The lowest BCUT2D eigenvalue weighted by Gasteiger charge is -2.11. The largest absolute Gasteiger partial charge is 0.497 e. The molecule has 0 aliphatic heterocycles. The van der Waals surface area contributed by atoms with Crippen LogP contribution in [-0.4, -0.2) is 46.5 Å². The summed E-state index contributed by atoms with van der Waals surface area (Å²) in [5, 5.41) is 8.11. The molecule has 9 nitrogen and oxygen atoms in total. The van der Waals surface area contributed by atoms with Crippen LogP contribution < -0.4 is 19.5 Å². The van der Waals surface area contributed by atoms with Crippen molar-refractivity contribution in [2.75, 3.05) is 20.8 Å². The van der Waals surface area contributed by atoms with Crippen molar-refractivity contribution in [3.63, 3.8) is 0 Å². The van der Waals surface area contributed by atoms with Gasteiger partial charge in [-0.25, -0.2) is 14.6 Å². The molecule has 0 radical (unpaired) electrons. The predicted octanol–water partition coefficient (Wildman–Crippen LogP) is 3.22. The number of nitrogens with zero attached hydrogens (tertiary/aromatic N) is 4. The van der Waals surface area contributed by atoms with Gasteiger partial charge >= 0.3 is 0 Å². The van der Waals surface area contributed by atoms with E-state index in [2.05, 4.69) is 20.4 Å². The van der Waals surface area contributed by atoms with Crippen molar-refractivity contribution in [3.05, 3.63) is 71.7 Å². The molecule has 0 aliphatic rings. The molecule has 3 heterocycles. The van der Waals surface area contributed by atoms with E-state index in [0.29, 0.717) is 42.5 Å². The molecule has 0 fully saturated rings. The van der Waals surface area contributed by atoms with Gasteiger partial charge in [-0.1, -0.05) is 6.07 Å². The summed E-state index contributed by atoms with van der Waals surface area (Å²) in [5.41, 5.74) is 2.87. The van der Waals surface area contributed by atoms with Crippen LogP contribution in [-0.2, 0) is 13.1 Å². The van der Waals surface area contributed by atoms with Crippen molar-refractivity contribution in [2.24, 2.45) is 0 Å². The Morgan fingerprint density at radius 1 is 1.06 bits per heavy atom. The molecular weight excluding hydrogens is 422 g/mol. The Bertz CT molecular complexity index is 1270. The number of carbonyl (C=O) groups excluding carboxylic acids is 1. The average molecular weight is 447 g/mol. The van der Waals surface area contributed by atoms with E-state index in [9.17, 15) is 4.79 Å². The maximum absolute atomic E-state index is 12.7. The third-order valence-corrected chi connectivity index (χ3v) is 5.12. The first-order valence-corrected chi connectivity index (χ1v) is 10.5. The van der Waals surface area contributed by atoms with Gasteiger partial charge in [-0.15, -0.1) is 0 Å². The standard InChI is InChI=1S/C24H25N5O4/c1-4-33-24-16(6-5-9-25-24)12-27-23(30)19-10-18-14-28-29(22(18)26-13-19)15-17-7-8-20(31-2)11-21(17)32-3/h5-11,13-14H,4,12,15H2,1-3H3,(H,27,30). The molecule has 9 heteroatoms. The van der Waals surface area contributed by atoms with Crippen molar-refractivity contribution in [3.8, 4) is 17.4 Å². The molecule has 1 aromatic carbocycles. The Morgan fingerprint density at radius 3 is 2.73 bits per heavy atom. The lowest BCUT2D eigenvalue weighted by molar-refractivity contribution is 0.0950. The molecular formula is C24H25N5O4. The fraction of sp³-hybridized carbons (Fsp3) is 0.250. The summed E-state index contributed by atoms with van der Waals surface area (Å²) in [4.78, 5) is 21.4. The highest BCUT2D eigenvalue weighted by Crippen LogP contribution is 2.26. The first kappa shape index (κ1) is 22.1. The van der Waals surface area contributed by atoms with Gasteiger partial charge in [-0.3, -0.25) is 4.79 Å². The molecule has 0 saturated carbocycles. The molecule has 3 aromatic heterocycles. The molecule has 1 amide bonds. The van der Waals surface area contributed by atoms with E-state index in [0.717, 1.165) is 22.3 Å². The number of methoxy groups -OCH3 is 2. The topological polar surface area (TPSA) is 100 Å². The van der Waals surface area contributed by atoms with E-state index in [1.165, 1.54) is 0 Å². The summed E-state index contributed by atoms with van der Waals surface area (Å²) in [6.45, 7) is 3.17. The van der Waals surface area contributed by atoms with Crippen LogP contribution in [0.2, 0.25) is 0 Å². The van der Waals surface area contributed by atoms with Crippen LogP contribution in [0.3, 0.4) is 0 Å². The number of hydrogen-bond donors (Lipinski definition) is 1. The number of amides is 1. The third kappa shape index (κ3) is 4.87. The van der Waals surface area contributed by atoms with E-state index in [1.54, 1.807) is 43.6 Å². The molecule has 4 rings (SSSR count). The number of pyridine rings is 2. The van der Waals surface area contributed by atoms with Crippen molar-refractivity contribution < 1.29 is 19.0 Å². The summed E-state index contributed by atoms with van der Waals surface area (Å²) in [7, 11) is 3.23. The van der Waals surface area contributed by atoms with Crippen molar-refractivity contribution in [1.29, 1.82) is 0 Å². The van der Waals surface area contributed by atoms with E-state index in [4.69, 9.17) is 14.2 Å². The molecule has 0 bridgehead atoms. The zero-order valence-corrected chi connectivity index (χ0v) is 18.7. The van der Waals surface area contributed by atoms with E-state index >= 15 is 0 Å². The Kier molecular flexibility index (Phi) is 6.68. The minimum atomic E-state index is -0.236. The number of fused-ring (bicyclic) bond motifs is 1. The zero-order chi connectivity index (χ0) is 23.2. The van der Waals surface area contributed by atoms with Gasteiger partial charge in [0.05, 0.1) is 39.1 Å². The molecule has 4 aromatic rings.